The van der Waals surface area contributed by atoms with Crippen LogP contribution in [0.3, 0.4) is 0 Å². The van der Waals surface area contributed by atoms with Crippen molar-refractivity contribution >= 4 is 32.3 Å². The van der Waals surface area contributed by atoms with E-state index in [1.54, 1.807) is 44.4 Å². The third kappa shape index (κ3) is 4.26. The number of hydrogen-bond acceptors (Lipinski definition) is 7. The van der Waals surface area contributed by atoms with Gasteiger partial charge in [-0.3, -0.25) is 24.2 Å². The zero-order chi connectivity index (χ0) is 23.8. The van der Waals surface area contributed by atoms with Gasteiger partial charge in [-0.05, 0) is 61.5 Å². The summed E-state index contributed by atoms with van der Waals surface area (Å²) in [6.07, 6.45) is 0. The Bertz CT molecular complexity index is 1530. The molecular weight excluding hydrogens is 448 g/mol. The van der Waals surface area contributed by atoms with Crippen LogP contribution in [0.15, 0.2) is 76.4 Å². The Morgan fingerprint density at radius 1 is 1.03 bits per heavy atom. The highest BCUT2D eigenvalue weighted by molar-refractivity contribution is 7.92. The van der Waals surface area contributed by atoms with Gasteiger partial charge >= 0.3 is 0 Å². The average Bonchev–Trinajstić information content (AvgIpc) is 2.80. The number of hydrogen-bond donors (Lipinski definition) is 1. The van der Waals surface area contributed by atoms with Crippen LogP contribution >= 0.6 is 0 Å². The summed E-state index contributed by atoms with van der Waals surface area (Å²) in [5.41, 5.74) is 0.578. The molecule has 0 bridgehead atoms. The number of nitro groups is 1. The Labute approximate surface area is 188 Å². The first-order valence-electron chi connectivity index (χ1n) is 9.65. The fourth-order valence-electron chi connectivity index (χ4n) is 3.36. The molecule has 0 aliphatic carbocycles. The first kappa shape index (κ1) is 22.0. The maximum atomic E-state index is 13.2. The van der Waals surface area contributed by atoms with Crippen LogP contribution in [0.5, 0.6) is 5.75 Å². The molecule has 0 aliphatic rings. The molecule has 1 heterocycles. The number of nitrogens with zero attached hydrogens (tertiary/aromatic N) is 3. The van der Waals surface area contributed by atoms with Crippen LogP contribution in [-0.4, -0.2) is 30.0 Å². The lowest BCUT2D eigenvalue weighted by atomic mass is 10.2. The Kier molecular flexibility index (Phi) is 5.56. The molecule has 0 fully saturated rings. The molecule has 4 rings (SSSR count). The molecule has 3 aromatic carbocycles. The van der Waals surface area contributed by atoms with E-state index in [9.17, 15) is 23.3 Å². The van der Waals surface area contributed by atoms with E-state index in [-0.39, 0.29) is 27.2 Å². The molecule has 1 aromatic heterocycles. The van der Waals surface area contributed by atoms with E-state index >= 15 is 0 Å². The van der Waals surface area contributed by atoms with Crippen molar-refractivity contribution in [3.8, 4) is 11.4 Å². The number of nitrogens with one attached hydrogen (secondary N) is 1. The third-order valence-electron chi connectivity index (χ3n) is 4.98. The van der Waals surface area contributed by atoms with Crippen molar-refractivity contribution in [3.63, 3.8) is 0 Å². The molecule has 0 saturated carbocycles. The van der Waals surface area contributed by atoms with Gasteiger partial charge in [-0.1, -0.05) is 0 Å². The largest absolute Gasteiger partial charge is 0.497 e. The number of aromatic nitrogens is 2. The summed E-state index contributed by atoms with van der Waals surface area (Å²) < 4.78 is 34.4. The lowest BCUT2D eigenvalue weighted by Gasteiger charge is -2.13. The van der Waals surface area contributed by atoms with Crippen molar-refractivity contribution in [2.45, 2.75) is 11.8 Å². The number of aryl methyl sites for hydroxylation is 1. The number of anilines is 1. The Balaban J connectivity index is 1.74. The Morgan fingerprint density at radius 2 is 1.70 bits per heavy atom. The number of ether oxygens (including phenoxy) is 1. The number of fused-ring (bicyclic) bond motifs is 1. The number of methoxy groups -OCH3 is 1. The molecule has 1 N–H and O–H groups in total. The highest BCUT2D eigenvalue weighted by Crippen LogP contribution is 2.22. The van der Waals surface area contributed by atoms with Gasteiger partial charge in [-0.2, -0.15) is 0 Å². The monoisotopic (exact) mass is 466 g/mol. The highest BCUT2D eigenvalue weighted by Gasteiger charge is 2.17. The lowest BCUT2D eigenvalue weighted by molar-refractivity contribution is -0.384. The van der Waals surface area contributed by atoms with Crippen molar-refractivity contribution in [2.75, 3.05) is 11.8 Å². The van der Waals surface area contributed by atoms with Crippen LogP contribution in [0, 0.1) is 17.0 Å². The van der Waals surface area contributed by atoms with E-state index in [0.717, 1.165) is 24.3 Å². The van der Waals surface area contributed by atoms with Gasteiger partial charge in [0.25, 0.3) is 21.3 Å². The second-order valence-corrected chi connectivity index (χ2v) is 8.77. The van der Waals surface area contributed by atoms with Gasteiger partial charge in [0.2, 0.25) is 0 Å². The molecule has 0 atom stereocenters. The Hall–Kier alpha value is -4.25. The number of non-ortho nitro benzene ring substituents is 1. The van der Waals surface area contributed by atoms with E-state index in [1.807, 2.05) is 0 Å². The fourth-order valence-corrected chi connectivity index (χ4v) is 4.41. The van der Waals surface area contributed by atoms with E-state index in [4.69, 9.17) is 4.74 Å². The molecule has 0 saturated heterocycles. The van der Waals surface area contributed by atoms with Crippen LogP contribution in [-0.2, 0) is 10.0 Å². The predicted octanol–water partition coefficient (Wildman–Crippen LogP) is 3.41. The van der Waals surface area contributed by atoms with Gasteiger partial charge in [0.05, 0.1) is 33.5 Å². The summed E-state index contributed by atoms with van der Waals surface area (Å²) in [5, 5.41) is 11.0. The minimum Gasteiger partial charge on any atom is -0.497 e. The van der Waals surface area contributed by atoms with Crippen molar-refractivity contribution in [1.82, 2.24) is 9.55 Å². The second kappa shape index (κ2) is 8.36. The predicted molar refractivity (Wildman–Crippen MR) is 123 cm³/mol. The topological polar surface area (TPSA) is 133 Å². The van der Waals surface area contributed by atoms with Crippen LogP contribution < -0.4 is 15.0 Å². The third-order valence-corrected chi connectivity index (χ3v) is 6.37. The minimum atomic E-state index is -4.03. The molecule has 4 aromatic rings. The molecule has 0 spiro atoms. The zero-order valence-electron chi connectivity index (χ0n) is 17.6. The smallest absolute Gasteiger partial charge is 0.269 e. The number of benzene rings is 3. The summed E-state index contributed by atoms with van der Waals surface area (Å²) in [7, 11) is -2.49. The number of rotatable bonds is 6. The molecular formula is C22H18N4O6S. The molecule has 0 amide bonds. The van der Waals surface area contributed by atoms with Gasteiger partial charge in [-0.15, -0.1) is 0 Å². The quantitative estimate of drug-likeness (QED) is 0.340. The number of nitro benzene ring substituents is 1. The maximum absolute atomic E-state index is 13.2. The molecule has 10 nitrogen and oxygen atoms in total. The fraction of sp³-hybridized carbons (Fsp3) is 0.0909. The lowest BCUT2D eigenvalue weighted by Crippen LogP contribution is -2.22. The minimum absolute atomic E-state index is 0.147. The summed E-state index contributed by atoms with van der Waals surface area (Å²) in [4.78, 5) is 27.7. The average molecular weight is 466 g/mol. The van der Waals surface area contributed by atoms with Gasteiger partial charge in [-0.25, -0.2) is 13.4 Å². The van der Waals surface area contributed by atoms with Gasteiger partial charge in [0, 0.05) is 17.8 Å². The van der Waals surface area contributed by atoms with Crippen LogP contribution in [0.2, 0.25) is 0 Å². The van der Waals surface area contributed by atoms with E-state index in [0.29, 0.717) is 22.8 Å². The van der Waals surface area contributed by atoms with Gasteiger partial charge in [0.15, 0.2) is 0 Å². The summed E-state index contributed by atoms with van der Waals surface area (Å²) in [6.45, 7) is 1.70. The van der Waals surface area contributed by atoms with E-state index in [1.165, 1.54) is 16.7 Å². The van der Waals surface area contributed by atoms with Crippen molar-refractivity contribution in [1.29, 1.82) is 0 Å². The molecule has 33 heavy (non-hydrogen) atoms. The first-order chi connectivity index (χ1) is 15.7. The molecule has 0 unspecified atom stereocenters. The maximum Gasteiger partial charge on any atom is 0.269 e. The van der Waals surface area contributed by atoms with Gasteiger partial charge < -0.3 is 4.74 Å². The highest BCUT2D eigenvalue weighted by atomic mass is 32.2. The first-order valence-corrected chi connectivity index (χ1v) is 11.1. The van der Waals surface area contributed by atoms with Crippen molar-refractivity contribution in [2.24, 2.45) is 0 Å². The SMILES string of the molecule is COc1ccc(-n2c(C)nc3ccc(NS(=O)(=O)c4ccc([N+](=O)[O-])cc4)cc3c2=O)cc1. The molecule has 0 aliphatic heterocycles. The van der Waals surface area contributed by atoms with E-state index in [2.05, 4.69) is 9.71 Å². The summed E-state index contributed by atoms with van der Waals surface area (Å²) in [5.74, 6) is 1.11. The summed E-state index contributed by atoms with van der Waals surface area (Å²) in [6, 6.07) is 15.8. The molecule has 168 valence electrons. The van der Waals surface area contributed by atoms with Crippen LogP contribution in [0.1, 0.15) is 5.82 Å². The molecule has 11 heteroatoms. The normalized spacial score (nSPS) is 11.3. The standard InChI is InChI=1S/C22H18N4O6S/c1-14-23-21-12-3-15(24-33(30,31)19-10-6-17(7-11-19)26(28)29)13-20(21)22(27)25(14)16-4-8-18(32-2)9-5-16/h3-13,24H,1-2H3. The van der Waals surface area contributed by atoms with Crippen molar-refractivity contribution in [3.05, 3.63) is 93.0 Å². The molecule has 0 radical (unpaired) electrons. The van der Waals surface area contributed by atoms with Crippen LogP contribution in [0.4, 0.5) is 11.4 Å². The summed E-state index contributed by atoms with van der Waals surface area (Å²) >= 11 is 0. The Morgan fingerprint density at radius 3 is 2.30 bits per heavy atom. The zero-order valence-corrected chi connectivity index (χ0v) is 18.4. The van der Waals surface area contributed by atoms with Gasteiger partial charge in [0.1, 0.15) is 11.6 Å². The van der Waals surface area contributed by atoms with Crippen LogP contribution in [0.25, 0.3) is 16.6 Å². The van der Waals surface area contributed by atoms with Crippen molar-refractivity contribution < 1.29 is 18.1 Å². The van der Waals surface area contributed by atoms with E-state index < -0.39 is 14.9 Å². The number of sulfonamides is 1. The second-order valence-electron chi connectivity index (χ2n) is 7.09.